The van der Waals surface area contributed by atoms with E-state index in [2.05, 4.69) is 0 Å². The van der Waals surface area contributed by atoms with Crippen molar-refractivity contribution in [1.82, 2.24) is 0 Å². The maximum Gasteiger partial charge on any atom is 0.297 e. The van der Waals surface area contributed by atoms with Crippen molar-refractivity contribution in [2.24, 2.45) is 0 Å². The lowest BCUT2D eigenvalue weighted by Gasteiger charge is -2.14. The quantitative estimate of drug-likeness (QED) is 0.731. The minimum Gasteiger partial charge on any atom is -0.263 e. The van der Waals surface area contributed by atoms with E-state index in [-0.39, 0.29) is 4.90 Å². The third-order valence-corrected chi connectivity index (χ3v) is 4.91. The highest BCUT2D eigenvalue weighted by molar-refractivity contribution is 7.86. The summed E-state index contributed by atoms with van der Waals surface area (Å²) in [5.74, 6) is 0. The van der Waals surface area contributed by atoms with Crippen LogP contribution in [0.4, 0.5) is 0 Å². The van der Waals surface area contributed by atoms with Gasteiger partial charge in [-0.1, -0.05) is 40.9 Å². The Balaban J connectivity index is 2.10. The molecule has 0 N–H and O–H groups in total. The summed E-state index contributed by atoms with van der Waals surface area (Å²) in [7, 11) is -3.78. The van der Waals surface area contributed by atoms with Gasteiger partial charge in [0.15, 0.2) is 0 Å². The standard InChI is InChI=1S/C16H16Cl2O3S/c1-11-3-5-16(6-4-11)22(19,20)21-12(2)7-13-8-14(17)10-15(18)9-13/h3-6,8-10,12H,7H2,1-2H3/t12-/m1/s1. The fraction of sp³-hybridized carbons (Fsp3) is 0.250. The van der Waals surface area contributed by atoms with E-state index in [1.165, 1.54) is 12.1 Å². The minimum absolute atomic E-state index is 0.147. The van der Waals surface area contributed by atoms with E-state index in [0.717, 1.165) is 11.1 Å². The van der Waals surface area contributed by atoms with Crippen LogP contribution in [0.5, 0.6) is 0 Å². The molecule has 0 radical (unpaired) electrons. The van der Waals surface area contributed by atoms with Crippen molar-refractivity contribution in [1.29, 1.82) is 0 Å². The van der Waals surface area contributed by atoms with Crippen LogP contribution in [-0.4, -0.2) is 14.5 Å². The summed E-state index contributed by atoms with van der Waals surface area (Å²) in [4.78, 5) is 0.147. The summed E-state index contributed by atoms with van der Waals surface area (Å²) in [5, 5.41) is 1.02. The summed E-state index contributed by atoms with van der Waals surface area (Å²) in [6, 6.07) is 11.6. The van der Waals surface area contributed by atoms with E-state index < -0.39 is 16.2 Å². The summed E-state index contributed by atoms with van der Waals surface area (Å²) < 4.78 is 29.6. The number of aryl methyl sites for hydroxylation is 1. The molecular weight excluding hydrogens is 343 g/mol. The van der Waals surface area contributed by atoms with Crippen LogP contribution >= 0.6 is 23.2 Å². The molecule has 0 aliphatic carbocycles. The minimum atomic E-state index is -3.78. The summed E-state index contributed by atoms with van der Waals surface area (Å²) in [6.07, 6.45) is -0.133. The molecule has 118 valence electrons. The van der Waals surface area contributed by atoms with Crippen LogP contribution in [0.3, 0.4) is 0 Å². The van der Waals surface area contributed by atoms with Gasteiger partial charge in [-0.15, -0.1) is 0 Å². The number of benzene rings is 2. The van der Waals surface area contributed by atoms with E-state index in [1.54, 1.807) is 37.3 Å². The van der Waals surface area contributed by atoms with Crippen LogP contribution in [-0.2, 0) is 20.7 Å². The summed E-state index contributed by atoms with van der Waals surface area (Å²) in [6.45, 7) is 3.59. The molecule has 2 aromatic rings. The molecule has 0 saturated heterocycles. The average Bonchev–Trinajstić information content (AvgIpc) is 2.36. The second kappa shape index (κ2) is 7.01. The molecule has 0 aliphatic heterocycles. The molecule has 0 amide bonds. The Hall–Kier alpha value is -1.07. The maximum atomic E-state index is 12.2. The molecule has 0 saturated carbocycles. The molecule has 0 fully saturated rings. The molecule has 0 bridgehead atoms. The Bertz CT molecular complexity index is 735. The molecular formula is C16H16Cl2O3S. The molecule has 0 heterocycles. The lowest BCUT2D eigenvalue weighted by atomic mass is 10.1. The highest BCUT2D eigenvalue weighted by Gasteiger charge is 2.19. The molecule has 22 heavy (non-hydrogen) atoms. The largest absolute Gasteiger partial charge is 0.297 e. The number of halogens is 2. The van der Waals surface area contributed by atoms with Gasteiger partial charge in [0.2, 0.25) is 0 Å². The molecule has 0 unspecified atom stereocenters. The van der Waals surface area contributed by atoms with Crippen LogP contribution in [0.1, 0.15) is 18.1 Å². The topological polar surface area (TPSA) is 43.4 Å². The van der Waals surface area contributed by atoms with Gasteiger partial charge in [0.05, 0.1) is 11.0 Å². The van der Waals surface area contributed by atoms with Crippen molar-refractivity contribution in [2.45, 2.75) is 31.3 Å². The first-order valence-electron chi connectivity index (χ1n) is 6.71. The highest BCUT2D eigenvalue weighted by Crippen LogP contribution is 2.22. The zero-order chi connectivity index (χ0) is 16.3. The lowest BCUT2D eigenvalue weighted by molar-refractivity contribution is 0.229. The van der Waals surface area contributed by atoms with Crippen molar-refractivity contribution >= 4 is 33.3 Å². The Morgan fingerprint density at radius 2 is 1.59 bits per heavy atom. The van der Waals surface area contributed by atoms with E-state index in [9.17, 15) is 8.42 Å². The van der Waals surface area contributed by atoms with Gasteiger partial charge < -0.3 is 0 Å². The predicted octanol–water partition coefficient (Wildman–Crippen LogP) is 4.64. The van der Waals surface area contributed by atoms with Crippen molar-refractivity contribution in [3.05, 3.63) is 63.6 Å². The van der Waals surface area contributed by atoms with Gasteiger partial charge in [0, 0.05) is 10.0 Å². The molecule has 3 nitrogen and oxygen atoms in total. The Kier molecular flexibility index (Phi) is 5.50. The van der Waals surface area contributed by atoms with Crippen LogP contribution in [0, 0.1) is 6.92 Å². The van der Waals surface area contributed by atoms with Gasteiger partial charge in [-0.05, 0) is 56.2 Å². The van der Waals surface area contributed by atoms with Crippen LogP contribution in [0.15, 0.2) is 47.4 Å². The molecule has 0 spiro atoms. The van der Waals surface area contributed by atoms with Crippen LogP contribution in [0.2, 0.25) is 10.0 Å². The fourth-order valence-electron chi connectivity index (χ4n) is 2.07. The van der Waals surface area contributed by atoms with E-state index in [0.29, 0.717) is 16.5 Å². The number of hydrogen-bond donors (Lipinski definition) is 0. The normalized spacial score (nSPS) is 13.1. The monoisotopic (exact) mass is 358 g/mol. The van der Waals surface area contributed by atoms with Crippen LogP contribution < -0.4 is 0 Å². The zero-order valence-electron chi connectivity index (χ0n) is 12.2. The fourth-order valence-corrected chi connectivity index (χ4v) is 3.72. The van der Waals surface area contributed by atoms with Crippen molar-refractivity contribution in [2.75, 3.05) is 0 Å². The van der Waals surface area contributed by atoms with Crippen molar-refractivity contribution < 1.29 is 12.6 Å². The summed E-state index contributed by atoms with van der Waals surface area (Å²) >= 11 is 11.9. The molecule has 1 atom stereocenters. The Morgan fingerprint density at radius 3 is 2.14 bits per heavy atom. The van der Waals surface area contributed by atoms with Gasteiger partial charge in [-0.2, -0.15) is 8.42 Å². The second-order valence-electron chi connectivity index (χ2n) is 5.16. The smallest absolute Gasteiger partial charge is 0.263 e. The average molecular weight is 359 g/mol. The van der Waals surface area contributed by atoms with Gasteiger partial charge in [-0.3, -0.25) is 4.18 Å². The first-order chi connectivity index (χ1) is 10.3. The molecule has 0 aromatic heterocycles. The Labute approximate surface area is 141 Å². The number of rotatable bonds is 5. The Morgan fingerprint density at radius 1 is 1.05 bits per heavy atom. The molecule has 2 aromatic carbocycles. The van der Waals surface area contributed by atoms with Crippen molar-refractivity contribution in [3.8, 4) is 0 Å². The highest BCUT2D eigenvalue weighted by atomic mass is 35.5. The third-order valence-electron chi connectivity index (χ3n) is 3.05. The lowest BCUT2D eigenvalue weighted by Crippen LogP contribution is -2.18. The molecule has 2 rings (SSSR count). The maximum absolute atomic E-state index is 12.2. The van der Waals surface area contributed by atoms with Gasteiger partial charge in [-0.25, -0.2) is 0 Å². The summed E-state index contributed by atoms with van der Waals surface area (Å²) in [5.41, 5.74) is 1.81. The van der Waals surface area contributed by atoms with Gasteiger partial charge in [0.25, 0.3) is 10.1 Å². The SMILES string of the molecule is Cc1ccc(S(=O)(=O)O[C@H](C)Cc2cc(Cl)cc(Cl)c2)cc1. The molecule has 0 aliphatic rings. The van der Waals surface area contributed by atoms with E-state index >= 15 is 0 Å². The molecule has 6 heteroatoms. The predicted molar refractivity (Wildman–Crippen MR) is 89.1 cm³/mol. The first-order valence-corrected chi connectivity index (χ1v) is 8.87. The zero-order valence-corrected chi connectivity index (χ0v) is 14.5. The van der Waals surface area contributed by atoms with E-state index in [4.69, 9.17) is 27.4 Å². The first kappa shape index (κ1) is 17.3. The van der Waals surface area contributed by atoms with Crippen LogP contribution in [0.25, 0.3) is 0 Å². The van der Waals surface area contributed by atoms with E-state index in [1.807, 2.05) is 6.92 Å². The number of hydrogen-bond acceptors (Lipinski definition) is 3. The third kappa shape index (κ3) is 4.71. The van der Waals surface area contributed by atoms with Gasteiger partial charge >= 0.3 is 0 Å². The van der Waals surface area contributed by atoms with Crippen molar-refractivity contribution in [3.63, 3.8) is 0 Å². The second-order valence-corrected chi connectivity index (χ2v) is 7.60. The van der Waals surface area contributed by atoms with Gasteiger partial charge in [0.1, 0.15) is 0 Å².